The third-order valence-corrected chi connectivity index (χ3v) is 3.19. The molecule has 0 spiro atoms. The number of hydrogen-bond acceptors (Lipinski definition) is 4. The molecule has 0 saturated carbocycles. The molecule has 0 bridgehead atoms. The molecule has 1 rings (SSSR count). The van der Waals surface area contributed by atoms with Crippen LogP contribution >= 0.6 is 0 Å². The van der Waals surface area contributed by atoms with E-state index in [1.807, 2.05) is 0 Å². The molecule has 1 heterocycles. The van der Waals surface area contributed by atoms with E-state index in [2.05, 4.69) is 5.32 Å². The SMILES string of the molecule is CC1(NC(=O)OC(C)(C)C)CN(S(N)(=O)=O)C1. The minimum atomic E-state index is -3.67. The molecule has 1 aliphatic heterocycles. The maximum atomic E-state index is 11.5. The van der Waals surface area contributed by atoms with Gasteiger partial charge in [-0.2, -0.15) is 12.7 Å². The van der Waals surface area contributed by atoms with Crippen molar-refractivity contribution in [3.8, 4) is 0 Å². The number of nitrogens with zero attached hydrogens (tertiary/aromatic N) is 1. The van der Waals surface area contributed by atoms with Gasteiger partial charge >= 0.3 is 6.09 Å². The van der Waals surface area contributed by atoms with Crippen LogP contribution in [0.25, 0.3) is 0 Å². The number of hydrogen-bond donors (Lipinski definition) is 2. The van der Waals surface area contributed by atoms with E-state index in [0.717, 1.165) is 4.31 Å². The molecule has 1 fully saturated rings. The molecular formula is C9H19N3O4S. The van der Waals surface area contributed by atoms with Crippen LogP contribution < -0.4 is 10.5 Å². The Labute approximate surface area is 101 Å². The third-order valence-electron chi connectivity index (χ3n) is 2.21. The molecule has 3 N–H and O–H groups in total. The van der Waals surface area contributed by atoms with Crippen LogP contribution in [-0.4, -0.2) is 43.0 Å². The smallest absolute Gasteiger partial charge is 0.408 e. The van der Waals surface area contributed by atoms with E-state index in [1.54, 1.807) is 27.7 Å². The van der Waals surface area contributed by atoms with Crippen molar-refractivity contribution >= 4 is 16.3 Å². The summed E-state index contributed by atoms with van der Waals surface area (Å²) in [5, 5.41) is 7.58. The lowest BCUT2D eigenvalue weighted by atomic mass is 9.96. The van der Waals surface area contributed by atoms with Gasteiger partial charge in [-0.3, -0.25) is 0 Å². The summed E-state index contributed by atoms with van der Waals surface area (Å²) in [5.74, 6) is 0. The highest BCUT2D eigenvalue weighted by atomic mass is 32.2. The van der Waals surface area contributed by atoms with Crippen molar-refractivity contribution in [1.29, 1.82) is 0 Å². The number of amides is 1. The van der Waals surface area contributed by atoms with Crippen molar-refractivity contribution < 1.29 is 17.9 Å². The molecular weight excluding hydrogens is 246 g/mol. The average Bonchev–Trinajstić information content (AvgIpc) is 1.93. The fourth-order valence-electron chi connectivity index (χ4n) is 1.54. The lowest BCUT2D eigenvalue weighted by Crippen LogP contribution is -2.70. The lowest BCUT2D eigenvalue weighted by Gasteiger charge is -2.46. The van der Waals surface area contributed by atoms with Gasteiger partial charge in [-0.05, 0) is 27.7 Å². The molecule has 0 unspecified atom stereocenters. The Morgan fingerprint density at radius 3 is 2.24 bits per heavy atom. The Balaban J connectivity index is 2.48. The highest BCUT2D eigenvalue weighted by molar-refractivity contribution is 7.86. The van der Waals surface area contributed by atoms with E-state index in [1.165, 1.54) is 0 Å². The van der Waals surface area contributed by atoms with E-state index < -0.39 is 27.4 Å². The largest absolute Gasteiger partial charge is 0.444 e. The number of carbonyl (C=O) groups excluding carboxylic acids is 1. The molecule has 7 nitrogen and oxygen atoms in total. The first-order chi connectivity index (χ1) is 7.41. The topological polar surface area (TPSA) is 102 Å². The molecule has 0 aromatic rings. The predicted molar refractivity (Wildman–Crippen MR) is 62.5 cm³/mol. The predicted octanol–water partition coefficient (Wildman–Crippen LogP) is -0.211. The van der Waals surface area contributed by atoms with Gasteiger partial charge in [0.1, 0.15) is 5.60 Å². The Hall–Kier alpha value is -0.860. The number of alkyl carbamates (subject to hydrolysis) is 1. The van der Waals surface area contributed by atoms with Gasteiger partial charge in [-0.1, -0.05) is 0 Å². The molecule has 100 valence electrons. The zero-order valence-corrected chi connectivity index (χ0v) is 11.3. The van der Waals surface area contributed by atoms with Gasteiger partial charge in [0.15, 0.2) is 0 Å². The van der Waals surface area contributed by atoms with Gasteiger partial charge in [0.2, 0.25) is 0 Å². The highest BCUT2D eigenvalue weighted by Gasteiger charge is 2.45. The first-order valence-electron chi connectivity index (χ1n) is 5.20. The molecule has 1 aliphatic rings. The quantitative estimate of drug-likeness (QED) is 0.721. The normalized spacial score (nSPS) is 20.5. The van der Waals surface area contributed by atoms with Gasteiger partial charge in [0, 0.05) is 13.1 Å². The Morgan fingerprint density at radius 1 is 1.41 bits per heavy atom. The monoisotopic (exact) mass is 265 g/mol. The van der Waals surface area contributed by atoms with Gasteiger partial charge < -0.3 is 10.1 Å². The minimum absolute atomic E-state index is 0.158. The summed E-state index contributed by atoms with van der Waals surface area (Å²) in [5.41, 5.74) is -1.20. The van der Waals surface area contributed by atoms with E-state index >= 15 is 0 Å². The first-order valence-corrected chi connectivity index (χ1v) is 6.71. The van der Waals surface area contributed by atoms with Crippen LogP contribution in [0.5, 0.6) is 0 Å². The van der Waals surface area contributed by atoms with Crippen molar-refractivity contribution in [3.63, 3.8) is 0 Å². The second-order valence-corrected chi connectivity index (χ2v) is 7.05. The second-order valence-electron chi connectivity index (χ2n) is 5.50. The second kappa shape index (κ2) is 4.11. The molecule has 1 saturated heterocycles. The van der Waals surface area contributed by atoms with E-state index in [9.17, 15) is 13.2 Å². The van der Waals surface area contributed by atoms with Crippen molar-refractivity contribution in [3.05, 3.63) is 0 Å². The minimum Gasteiger partial charge on any atom is -0.444 e. The zero-order valence-electron chi connectivity index (χ0n) is 10.5. The first kappa shape index (κ1) is 14.2. The van der Waals surface area contributed by atoms with Gasteiger partial charge in [0.05, 0.1) is 5.54 Å². The Bertz CT molecular complexity index is 406. The summed E-state index contributed by atoms with van der Waals surface area (Å²) >= 11 is 0. The lowest BCUT2D eigenvalue weighted by molar-refractivity contribution is 0.0350. The van der Waals surface area contributed by atoms with Crippen LogP contribution in [0.15, 0.2) is 0 Å². The summed E-state index contributed by atoms with van der Waals surface area (Å²) in [7, 11) is -3.67. The van der Waals surface area contributed by atoms with E-state index in [0.29, 0.717) is 0 Å². The van der Waals surface area contributed by atoms with Crippen molar-refractivity contribution in [2.24, 2.45) is 5.14 Å². The van der Waals surface area contributed by atoms with Crippen molar-refractivity contribution in [1.82, 2.24) is 9.62 Å². The number of carbonyl (C=O) groups is 1. The van der Waals surface area contributed by atoms with Crippen LogP contribution in [0.2, 0.25) is 0 Å². The Morgan fingerprint density at radius 2 is 1.88 bits per heavy atom. The maximum absolute atomic E-state index is 11.5. The molecule has 8 heteroatoms. The zero-order chi connectivity index (χ0) is 13.5. The van der Waals surface area contributed by atoms with Crippen molar-refractivity contribution in [2.45, 2.75) is 38.8 Å². The van der Waals surface area contributed by atoms with Gasteiger partial charge in [-0.15, -0.1) is 0 Å². The fraction of sp³-hybridized carbons (Fsp3) is 0.889. The fourth-order valence-corrected chi connectivity index (χ4v) is 2.47. The van der Waals surface area contributed by atoms with E-state index in [-0.39, 0.29) is 13.1 Å². The van der Waals surface area contributed by atoms with Crippen LogP contribution in [0.3, 0.4) is 0 Å². The summed E-state index contributed by atoms with van der Waals surface area (Å²) < 4.78 is 28.1. The number of nitrogens with two attached hydrogens (primary N) is 1. The molecule has 0 aromatic heterocycles. The van der Waals surface area contributed by atoms with Crippen LogP contribution in [0.1, 0.15) is 27.7 Å². The molecule has 0 atom stereocenters. The number of ether oxygens (including phenoxy) is 1. The standard InChI is InChI=1S/C9H19N3O4S/c1-8(2,3)16-7(13)11-9(4)5-12(6-9)17(10,14)15/h5-6H2,1-4H3,(H,11,13)(H2,10,14,15). The van der Waals surface area contributed by atoms with Crippen LogP contribution in [0, 0.1) is 0 Å². The van der Waals surface area contributed by atoms with Crippen molar-refractivity contribution in [2.75, 3.05) is 13.1 Å². The summed E-state index contributed by atoms with van der Waals surface area (Å²) in [6.45, 7) is 7.32. The molecule has 1 amide bonds. The summed E-state index contributed by atoms with van der Waals surface area (Å²) in [4.78, 5) is 11.5. The summed E-state index contributed by atoms with van der Waals surface area (Å²) in [6.07, 6.45) is -0.561. The molecule has 17 heavy (non-hydrogen) atoms. The number of rotatable bonds is 2. The summed E-state index contributed by atoms with van der Waals surface area (Å²) in [6, 6.07) is 0. The van der Waals surface area contributed by atoms with Gasteiger partial charge in [-0.25, -0.2) is 9.93 Å². The third kappa shape index (κ3) is 4.14. The molecule has 0 radical (unpaired) electrons. The average molecular weight is 265 g/mol. The van der Waals surface area contributed by atoms with Crippen LogP contribution in [0.4, 0.5) is 4.79 Å². The maximum Gasteiger partial charge on any atom is 0.408 e. The highest BCUT2D eigenvalue weighted by Crippen LogP contribution is 2.22. The Kier molecular flexibility index (Phi) is 3.43. The number of nitrogens with one attached hydrogen (secondary N) is 1. The molecule has 0 aromatic carbocycles. The molecule has 0 aliphatic carbocycles. The van der Waals surface area contributed by atoms with E-state index in [4.69, 9.17) is 9.88 Å². The van der Waals surface area contributed by atoms with Gasteiger partial charge in [0.25, 0.3) is 10.2 Å². The van der Waals surface area contributed by atoms with Crippen LogP contribution in [-0.2, 0) is 14.9 Å².